The Morgan fingerprint density at radius 3 is 2.82 bits per heavy atom. The van der Waals surface area contributed by atoms with Gasteiger partial charge < -0.3 is 15.8 Å². The first-order valence-electron chi connectivity index (χ1n) is 6.13. The quantitative estimate of drug-likeness (QED) is 0.793. The number of rotatable bonds is 4. The molecule has 0 amide bonds. The second-order valence-electron chi connectivity index (χ2n) is 4.48. The van der Waals surface area contributed by atoms with Gasteiger partial charge in [0.1, 0.15) is 5.82 Å². The SMILES string of the molecule is Nc1cccc(F)c1NCCC1CCOCC1. The molecule has 1 aromatic carbocycles. The van der Waals surface area contributed by atoms with E-state index in [0.717, 1.165) is 39.0 Å². The van der Waals surface area contributed by atoms with Crippen molar-refractivity contribution >= 4 is 11.4 Å². The van der Waals surface area contributed by atoms with Crippen LogP contribution in [0.1, 0.15) is 19.3 Å². The highest BCUT2D eigenvalue weighted by atomic mass is 19.1. The molecular weight excluding hydrogens is 219 g/mol. The van der Waals surface area contributed by atoms with Gasteiger partial charge in [0.05, 0.1) is 11.4 Å². The first-order chi connectivity index (χ1) is 8.27. The minimum absolute atomic E-state index is 0.281. The third-order valence-electron chi connectivity index (χ3n) is 3.24. The molecule has 0 radical (unpaired) electrons. The Labute approximate surface area is 101 Å². The molecule has 0 atom stereocenters. The van der Waals surface area contributed by atoms with E-state index in [1.165, 1.54) is 6.07 Å². The summed E-state index contributed by atoms with van der Waals surface area (Å²) in [5.74, 6) is 0.404. The maximum absolute atomic E-state index is 13.5. The number of nitrogen functional groups attached to an aromatic ring is 1. The summed E-state index contributed by atoms with van der Waals surface area (Å²) in [5.41, 5.74) is 6.62. The van der Waals surface area contributed by atoms with Crippen LogP contribution in [0.3, 0.4) is 0 Å². The fourth-order valence-corrected chi connectivity index (χ4v) is 2.16. The molecule has 0 bridgehead atoms. The second-order valence-corrected chi connectivity index (χ2v) is 4.48. The summed E-state index contributed by atoms with van der Waals surface area (Å²) in [6, 6.07) is 4.75. The number of nitrogens with one attached hydrogen (secondary N) is 1. The van der Waals surface area contributed by atoms with Crippen molar-refractivity contribution in [3.05, 3.63) is 24.0 Å². The van der Waals surface area contributed by atoms with Crippen LogP contribution in [0, 0.1) is 11.7 Å². The van der Waals surface area contributed by atoms with Crippen LogP contribution in [-0.4, -0.2) is 19.8 Å². The number of benzene rings is 1. The van der Waals surface area contributed by atoms with Gasteiger partial charge in [0, 0.05) is 19.8 Å². The van der Waals surface area contributed by atoms with Crippen LogP contribution >= 0.6 is 0 Å². The predicted octanol–water partition coefficient (Wildman–Crippen LogP) is 2.64. The lowest BCUT2D eigenvalue weighted by molar-refractivity contribution is 0.0649. The third kappa shape index (κ3) is 3.33. The minimum Gasteiger partial charge on any atom is -0.397 e. The zero-order valence-electron chi connectivity index (χ0n) is 9.92. The van der Waals surface area contributed by atoms with E-state index in [0.29, 0.717) is 17.3 Å². The zero-order chi connectivity index (χ0) is 12.1. The Morgan fingerprint density at radius 2 is 2.12 bits per heavy atom. The molecule has 1 saturated heterocycles. The number of para-hydroxylation sites is 1. The molecule has 1 aliphatic rings. The normalized spacial score (nSPS) is 17.0. The van der Waals surface area contributed by atoms with Gasteiger partial charge in [-0.15, -0.1) is 0 Å². The van der Waals surface area contributed by atoms with Gasteiger partial charge in [0.25, 0.3) is 0 Å². The number of ether oxygens (including phenoxy) is 1. The molecule has 17 heavy (non-hydrogen) atoms. The lowest BCUT2D eigenvalue weighted by atomic mass is 9.96. The van der Waals surface area contributed by atoms with Crippen molar-refractivity contribution in [3.63, 3.8) is 0 Å². The summed E-state index contributed by atoms with van der Waals surface area (Å²) >= 11 is 0. The molecule has 2 rings (SSSR count). The molecule has 0 unspecified atom stereocenters. The van der Waals surface area contributed by atoms with Gasteiger partial charge in [-0.1, -0.05) is 6.07 Å². The molecule has 3 N–H and O–H groups in total. The van der Waals surface area contributed by atoms with Gasteiger partial charge in [-0.3, -0.25) is 0 Å². The topological polar surface area (TPSA) is 47.3 Å². The average molecular weight is 238 g/mol. The lowest BCUT2D eigenvalue weighted by Gasteiger charge is -2.22. The van der Waals surface area contributed by atoms with Crippen molar-refractivity contribution in [1.29, 1.82) is 0 Å². The first kappa shape index (κ1) is 12.2. The molecule has 1 fully saturated rings. The summed E-state index contributed by atoms with van der Waals surface area (Å²) in [6.07, 6.45) is 3.25. The smallest absolute Gasteiger partial charge is 0.148 e. The molecule has 4 heteroatoms. The zero-order valence-corrected chi connectivity index (χ0v) is 9.92. The number of nitrogens with two attached hydrogens (primary N) is 1. The highest BCUT2D eigenvalue weighted by Crippen LogP contribution is 2.23. The van der Waals surface area contributed by atoms with Crippen LogP contribution in [0.25, 0.3) is 0 Å². The molecule has 0 aliphatic carbocycles. The van der Waals surface area contributed by atoms with Crippen molar-refractivity contribution in [3.8, 4) is 0 Å². The molecule has 3 nitrogen and oxygen atoms in total. The average Bonchev–Trinajstić information content (AvgIpc) is 2.34. The molecular formula is C13H19FN2O. The van der Waals surface area contributed by atoms with E-state index in [-0.39, 0.29) is 5.82 Å². The Morgan fingerprint density at radius 1 is 1.35 bits per heavy atom. The number of hydrogen-bond donors (Lipinski definition) is 2. The number of halogens is 1. The summed E-state index contributed by atoms with van der Waals surface area (Å²) < 4.78 is 18.8. The predicted molar refractivity (Wildman–Crippen MR) is 67.5 cm³/mol. The molecule has 1 heterocycles. The van der Waals surface area contributed by atoms with E-state index in [9.17, 15) is 4.39 Å². The van der Waals surface area contributed by atoms with Crippen LogP contribution in [-0.2, 0) is 4.74 Å². The number of anilines is 2. The molecule has 1 aromatic rings. The molecule has 0 spiro atoms. The summed E-state index contributed by atoms with van der Waals surface area (Å²) in [5, 5.41) is 3.09. The van der Waals surface area contributed by atoms with Crippen molar-refractivity contribution < 1.29 is 9.13 Å². The van der Waals surface area contributed by atoms with Gasteiger partial charge in [-0.2, -0.15) is 0 Å². The van der Waals surface area contributed by atoms with Gasteiger partial charge >= 0.3 is 0 Å². The fourth-order valence-electron chi connectivity index (χ4n) is 2.16. The van der Waals surface area contributed by atoms with E-state index in [1.807, 2.05) is 0 Å². The van der Waals surface area contributed by atoms with E-state index in [2.05, 4.69) is 5.32 Å². The Kier molecular flexibility index (Phi) is 4.20. The van der Waals surface area contributed by atoms with Crippen LogP contribution in [0.15, 0.2) is 18.2 Å². The van der Waals surface area contributed by atoms with Gasteiger partial charge in [-0.25, -0.2) is 4.39 Å². The highest BCUT2D eigenvalue weighted by molar-refractivity contribution is 5.66. The largest absolute Gasteiger partial charge is 0.397 e. The van der Waals surface area contributed by atoms with Crippen molar-refractivity contribution in [2.45, 2.75) is 19.3 Å². The van der Waals surface area contributed by atoms with E-state index < -0.39 is 0 Å². The minimum atomic E-state index is -0.281. The van der Waals surface area contributed by atoms with Crippen LogP contribution < -0.4 is 11.1 Å². The van der Waals surface area contributed by atoms with Crippen molar-refractivity contribution in [2.75, 3.05) is 30.8 Å². The maximum Gasteiger partial charge on any atom is 0.148 e. The van der Waals surface area contributed by atoms with Gasteiger partial charge in [0.15, 0.2) is 0 Å². The van der Waals surface area contributed by atoms with E-state index in [1.54, 1.807) is 12.1 Å². The highest BCUT2D eigenvalue weighted by Gasteiger charge is 2.13. The van der Waals surface area contributed by atoms with Crippen molar-refractivity contribution in [1.82, 2.24) is 0 Å². The Hall–Kier alpha value is -1.29. The van der Waals surface area contributed by atoms with Gasteiger partial charge in [-0.05, 0) is 37.3 Å². The van der Waals surface area contributed by atoms with Crippen molar-refractivity contribution in [2.24, 2.45) is 5.92 Å². The molecule has 94 valence electrons. The fraction of sp³-hybridized carbons (Fsp3) is 0.538. The molecule has 0 saturated carbocycles. The van der Waals surface area contributed by atoms with Crippen LogP contribution in [0.4, 0.5) is 15.8 Å². The summed E-state index contributed by atoms with van der Waals surface area (Å²) in [6.45, 7) is 2.47. The van der Waals surface area contributed by atoms with E-state index in [4.69, 9.17) is 10.5 Å². The Bertz CT molecular complexity index is 344. The monoisotopic (exact) mass is 238 g/mol. The molecule has 1 aliphatic heterocycles. The van der Waals surface area contributed by atoms with E-state index >= 15 is 0 Å². The van der Waals surface area contributed by atoms with Gasteiger partial charge in [0.2, 0.25) is 0 Å². The number of hydrogen-bond acceptors (Lipinski definition) is 3. The first-order valence-corrected chi connectivity index (χ1v) is 6.13. The summed E-state index contributed by atoms with van der Waals surface area (Å²) in [4.78, 5) is 0. The lowest BCUT2D eigenvalue weighted by Crippen LogP contribution is -2.18. The standard InChI is InChI=1S/C13H19FN2O/c14-11-2-1-3-12(15)13(11)16-7-4-10-5-8-17-9-6-10/h1-3,10,16H,4-9,15H2. The third-order valence-corrected chi connectivity index (χ3v) is 3.24. The van der Waals surface area contributed by atoms with Crippen LogP contribution in [0.5, 0.6) is 0 Å². The Balaban J connectivity index is 1.81. The van der Waals surface area contributed by atoms with Crippen LogP contribution in [0.2, 0.25) is 0 Å². The maximum atomic E-state index is 13.5. The molecule has 0 aromatic heterocycles. The summed E-state index contributed by atoms with van der Waals surface area (Å²) in [7, 11) is 0. The second kappa shape index (κ2) is 5.87.